The van der Waals surface area contributed by atoms with Crippen molar-refractivity contribution in [1.82, 2.24) is 5.32 Å². The molecule has 2 amide bonds. The summed E-state index contributed by atoms with van der Waals surface area (Å²) in [7, 11) is 0. The molecule has 0 bridgehead atoms. The van der Waals surface area contributed by atoms with E-state index in [1.165, 1.54) is 5.56 Å². The van der Waals surface area contributed by atoms with Crippen molar-refractivity contribution in [3.8, 4) is 0 Å². The zero-order valence-electron chi connectivity index (χ0n) is 14.8. The van der Waals surface area contributed by atoms with E-state index in [-0.39, 0.29) is 17.7 Å². The molecule has 0 radical (unpaired) electrons. The SMILES string of the molecule is CCCCNC(=O)C[C@H](C)CC(=O)Nc1ccc(C(C)C)cc1. The van der Waals surface area contributed by atoms with Crippen molar-refractivity contribution in [2.45, 2.75) is 59.3 Å². The first-order valence-corrected chi connectivity index (χ1v) is 8.58. The molecule has 4 nitrogen and oxygen atoms in total. The predicted octanol–water partition coefficient (Wildman–Crippen LogP) is 4.08. The normalized spacial score (nSPS) is 12.0. The van der Waals surface area contributed by atoms with E-state index in [0.717, 1.165) is 25.1 Å². The maximum atomic E-state index is 12.0. The lowest BCUT2D eigenvalue weighted by atomic mass is 10.0. The Morgan fingerprint density at radius 1 is 1.00 bits per heavy atom. The van der Waals surface area contributed by atoms with E-state index in [9.17, 15) is 9.59 Å². The largest absolute Gasteiger partial charge is 0.356 e. The van der Waals surface area contributed by atoms with Gasteiger partial charge in [0.1, 0.15) is 0 Å². The van der Waals surface area contributed by atoms with E-state index in [4.69, 9.17) is 0 Å². The molecule has 0 fully saturated rings. The molecule has 0 unspecified atom stereocenters. The van der Waals surface area contributed by atoms with Gasteiger partial charge in [-0.25, -0.2) is 0 Å². The molecule has 1 aromatic rings. The van der Waals surface area contributed by atoms with Crippen LogP contribution >= 0.6 is 0 Å². The maximum Gasteiger partial charge on any atom is 0.224 e. The number of hydrogen-bond donors (Lipinski definition) is 2. The smallest absolute Gasteiger partial charge is 0.224 e. The Morgan fingerprint density at radius 2 is 1.61 bits per heavy atom. The molecule has 0 aliphatic rings. The van der Waals surface area contributed by atoms with Gasteiger partial charge in [0.2, 0.25) is 11.8 Å². The third-order valence-electron chi connectivity index (χ3n) is 3.78. The number of carbonyl (C=O) groups excluding carboxylic acids is 2. The third kappa shape index (κ3) is 7.82. The second-order valence-electron chi connectivity index (χ2n) is 6.54. The van der Waals surface area contributed by atoms with Crippen molar-refractivity contribution < 1.29 is 9.59 Å². The molecule has 0 heterocycles. The van der Waals surface area contributed by atoms with Gasteiger partial charge in [0.15, 0.2) is 0 Å². The standard InChI is InChI=1S/C19H30N2O2/c1-5-6-11-20-18(22)12-15(4)13-19(23)21-17-9-7-16(8-10-17)14(2)3/h7-10,14-15H,5-6,11-13H2,1-4H3,(H,20,22)(H,21,23)/t15-/m0/s1. The van der Waals surface area contributed by atoms with Gasteiger partial charge >= 0.3 is 0 Å². The molecular formula is C19H30N2O2. The zero-order chi connectivity index (χ0) is 17.2. The van der Waals surface area contributed by atoms with Gasteiger partial charge in [-0.15, -0.1) is 0 Å². The van der Waals surface area contributed by atoms with E-state index in [1.807, 2.05) is 31.2 Å². The van der Waals surface area contributed by atoms with E-state index in [2.05, 4.69) is 31.4 Å². The van der Waals surface area contributed by atoms with Crippen molar-refractivity contribution in [1.29, 1.82) is 0 Å². The van der Waals surface area contributed by atoms with E-state index in [1.54, 1.807) is 0 Å². The first kappa shape index (κ1) is 19.2. The topological polar surface area (TPSA) is 58.2 Å². The van der Waals surface area contributed by atoms with Crippen LogP contribution in [0, 0.1) is 5.92 Å². The summed E-state index contributed by atoms with van der Waals surface area (Å²) in [6, 6.07) is 7.92. The van der Waals surface area contributed by atoms with Crippen LogP contribution in [0.4, 0.5) is 5.69 Å². The Bertz CT molecular complexity index is 495. The molecule has 1 rings (SSSR count). The highest BCUT2D eigenvalue weighted by Crippen LogP contribution is 2.18. The van der Waals surface area contributed by atoms with Crippen LogP contribution in [0.2, 0.25) is 0 Å². The zero-order valence-corrected chi connectivity index (χ0v) is 14.8. The van der Waals surface area contributed by atoms with Crippen LogP contribution in [-0.2, 0) is 9.59 Å². The van der Waals surface area contributed by atoms with Crippen molar-refractivity contribution in [2.24, 2.45) is 5.92 Å². The number of amides is 2. The molecule has 23 heavy (non-hydrogen) atoms. The Hall–Kier alpha value is -1.84. The number of rotatable bonds is 9. The van der Waals surface area contributed by atoms with Crippen LogP contribution in [-0.4, -0.2) is 18.4 Å². The van der Waals surface area contributed by atoms with Gasteiger partial charge in [0.05, 0.1) is 0 Å². The fraction of sp³-hybridized carbons (Fsp3) is 0.579. The summed E-state index contributed by atoms with van der Waals surface area (Å²) in [5.74, 6) is 0.494. The Morgan fingerprint density at radius 3 is 2.17 bits per heavy atom. The first-order chi connectivity index (χ1) is 10.9. The van der Waals surface area contributed by atoms with Gasteiger partial charge in [-0.3, -0.25) is 9.59 Å². The van der Waals surface area contributed by atoms with Gasteiger partial charge in [0.25, 0.3) is 0 Å². The molecule has 1 aromatic carbocycles. The summed E-state index contributed by atoms with van der Waals surface area (Å²) in [5, 5.41) is 5.78. The number of hydrogen-bond acceptors (Lipinski definition) is 2. The summed E-state index contributed by atoms with van der Waals surface area (Å²) < 4.78 is 0. The minimum Gasteiger partial charge on any atom is -0.356 e. The second-order valence-corrected chi connectivity index (χ2v) is 6.54. The third-order valence-corrected chi connectivity index (χ3v) is 3.78. The van der Waals surface area contributed by atoms with Crippen LogP contribution in [0.15, 0.2) is 24.3 Å². The summed E-state index contributed by atoms with van der Waals surface area (Å²) in [5.41, 5.74) is 2.05. The summed E-state index contributed by atoms with van der Waals surface area (Å²) >= 11 is 0. The molecule has 0 aliphatic carbocycles. The summed E-state index contributed by atoms with van der Waals surface area (Å²) in [6.07, 6.45) is 2.80. The Balaban J connectivity index is 2.36. The highest BCUT2D eigenvalue weighted by Gasteiger charge is 2.13. The molecule has 0 aromatic heterocycles. The molecule has 1 atom stereocenters. The monoisotopic (exact) mass is 318 g/mol. The lowest BCUT2D eigenvalue weighted by Crippen LogP contribution is -2.27. The number of anilines is 1. The Labute approximate surface area is 140 Å². The van der Waals surface area contributed by atoms with Crippen LogP contribution in [0.3, 0.4) is 0 Å². The summed E-state index contributed by atoms with van der Waals surface area (Å²) in [4.78, 5) is 23.8. The fourth-order valence-electron chi connectivity index (χ4n) is 2.35. The van der Waals surface area contributed by atoms with Crippen molar-refractivity contribution in [3.63, 3.8) is 0 Å². The van der Waals surface area contributed by atoms with Crippen LogP contribution < -0.4 is 10.6 Å². The van der Waals surface area contributed by atoms with Gasteiger partial charge in [0, 0.05) is 25.1 Å². The van der Waals surface area contributed by atoms with Gasteiger partial charge in [-0.05, 0) is 36.0 Å². The molecule has 2 N–H and O–H groups in total. The minimum absolute atomic E-state index is 0.0278. The minimum atomic E-state index is -0.0452. The average molecular weight is 318 g/mol. The molecule has 128 valence electrons. The number of carbonyl (C=O) groups is 2. The second kappa shape index (κ2) is 10.0. The lowest BCUT2D eigenvalue weighted by molar-refractivity contribution is -0.122. The average Bonchev–Trinajstić information content (AvgIpc) is 2.47. The van der Waals surface area contributed by atoms with Gasteiger partial charge in [-0.1, -0.05) is 46.2 Å². The van der Waals surface area contributed by atoms with Crippen molar-refractivity contribution in [3.05, 3.63) is 29.8 Å². The van der Waals surface area contributed by atoms with Gasteiger partial charge < -0.3 is 10.6 Å². The summed E-state index contributed by atoms with van der Waals surface area (Å²) in [6.45, 7) is 9.02. The van der Waals surface area contributed by atoms with E-state index < -0.39 is 0 Å². The maximum absolute atomic E-state index is 12.0. The highest BCUT2D eigenvalue weighted by atomic mass is 16.2. The fourth-order valence-corrected chi connectivity index (χ4v) is 2.35. The molecule has 0 saturated carbocycles. The number of nitrogens with one attached hydrogen (secondary N) is 2. The molecule has 0 saturated heterocycles. The first-order valence-electron chi connectivity index (χ1n) is 8.58. The molecule has 4 heteroatoms. The number of benzene rings is 1. The Kier molecular flexibility index (Phi) is 8.38. The van der Waals surface area contributed by atoms with Crippen LogP contribution in [0.5, 0.6) is 0 Å². The van der Waals surface area contributed by atoms with Crippen molar-refractivity contribution >= 4 is 17.5 Å². The predicted molar refractivity (Wildman–Crippen MR) is 95.5 cm³/mol. The van der Waals surface area contributed by atoms with Crippen molar-refractivity contribution in [2.75, 3.05) is 11.9 Å². The van der Waals surface area contributed by atoms with E-state index in [0.29, 0.717) is 18.8 Å². The van der Waals surface area contributed by atoms with Crippen LogP contribution in [0.1, 0.15) is 64.9 Å². The highest BCUT2D eigenvalue weighted by molar-refractivity contribution is 5.91. The molecule has 0 spiro atoms. The molecular weight excluding hydrogens is 288 g/mol. The quantitative estimate of drug-likeness (QED) is 0.674. The van der Waals surface area contributed by atoms with Crippen LogP contribution in [0.25, 0.3) is 0 Å². The molecule has 0 aliphatic heterocycles. The van der Waals surface area contributed by atoms with Gasteiger partial charge in [-0.2, -0.15) is 0 Å². The van der Waals surface area contributed by atoms with E-state index >= 15 is 0 Å². The lowest BCUT2D eigenvalue weighted by Gasteiger charge is -2.12. The number of unbranched alkanes of at least 4 members (excludes halogenated alkanes) is 1.